The van der Waals surface area contributed by atoms with Crippen LogP contribution in [0, 0.1) is 0 Å². The molecule has 0 radical (unpaired) electrons. The van der Waals surface area contributed by atoms with Crippen molar-refractivity contribution in [3.8, 4) is 0 Å². The summed E-state index contributed by atoms with van der Waals surface area (Å²) in [4.78, 5) is 0. The molecule has 0 aliphatic carbocycles. The minimum atomic E-state index is -0.142. The molecule has 2 saturated heterocycles. The van der Waals surface area contributed by atoms with Crippen molar-refractivity contribution in [2.45, 2.75) is 128 Å². The summed E-state index contributed by atoms with van der Waals surface area (Å²) < 4.78 is 0. The van der Waals surface area contributed by atoms with Gasteiger partial charge in [0.05, 0.1) is 0 Å². The van der Waals surface area contributed by atoms with Crippen molar-refractivity contribution in [1.29, 1.82) is 0 Å². The van der Waals surface area contributed by atoms with Crippen LogP contribution in [0.1, 0.15) is 105 Å². The number of benzene rings is 1. The van der Waals surface area contributed by atoms with E-state index in [1.165, 1.54) is 56.7 Å². The van der Waals surface area contributed by atoms with Gasteiger partial charge < -0.3 is 10.6 Å². The van der Waals surface area contributed by atoms with Gasteiger partial charge >= 0.3 is 0 Å². The Kier molecular flexibility index (Phi) is 8.58. The van der Waals surface area contributed by atoms with Crippen LogP contribution in [0.5, 0.6) is 0 Å². The molecule has 32 heavy (non-hydrogen) atoms. The SMILES string of the molecule is CC(C)(C)c1ccc(CP(C(C)(C)C)C(C)(C)C)c(CP(C2CCCN2)C2CCCN2)c1. The molecule has 2 N–H and O–H groups in total. The molecule has 0 bridgehead atoms. The Balaban J connectivity index is 1.98. The Morgan fingerprint density at radius 2 is 1.28 bits per heavy atom. The van der Waals surface area contributed by atoms with Gasteiger partial charge in [0, 0.05) is 11.6 Å². The Morgan fingerprint density at radius 1 is 0.750 bits per heavy atom. The molecule has 2 aliphatic rings. The summed E-state index contributed by atoms with van der Waals surface area (Å²) in [6.45, 7) is 24.3. The molecule has 182 valence electrons. The van der Waals surface area contributed by atoms with Gasteiger partial charge in [-0.3, -0.25) is 0 Å². The molecule has 2 atom stereocenters. The molecule has 2 unspecified atom stereocenters. The molecule has 0 spiro atoms. The number of rotatable bonds is 6. The fourth-order valence-electron chi connectivity index (χ4n) is 5.58. The van der Waals surface area contributed by atoms with Gasteiger partial charge in [-0.2, -0.15) is 0 Å². The highest BCUT2D eigenvalue weighted by molar-refractivity contribution is 7.60. The van der Waals surface area contributed by atoms with E-state index in [1.807, 2.05) is 0 Å². The molecule has 1 aromatic carbocycles. The van der Waals surface area contributed by atoms with Crippen molar-refractivity contribution in [3.05, 3.63) is 34.9 Å². The van der Waals surface area contributed by atoms with E-state index in [-0.39, 0.29) is 21.3 Å². The van der Waals surface area contributed by atoms with Crippen LogP contribution in [0.15, 0.2) is 18.2 Å². The highest BCUT2D eigenvalue weighted by Gasteiger charge is 2.36. The zero-order chi connectivity index (χ0) is 23.7. The van der Waals surface area contributed by atoms with Gasteiger partial charge in [0.1, 0.15) is 0 Å². The van der Waals surface area contributed by atoms with Gasteiger partial charge in [0.2, 0.25) is 0 Å². The second kappa shape index (κ2) is 10.3. The predicted molar refractivity (Wildman–Crippen MR) is 148 cm³/mol. The van der Waals surface area contributed by atoms with E-state index in [1.54, 1.807) is 11.1 Å². The fourth-order valence-corrected chi connectivity index (χ4v) is 12.5. The van der Waals surface area contributed by atoms with Crippen LogP contribution in [0.3, 0.4) is 0 Å². The summed E-state index contributed by atoms with van der Waals surface area (Å²) in [5.41, 5.74) is 5.00. The van der Waals surface area contributed by atoms with Crippen LogP contribution in [-0.4, -0.2) is 35.0 Å². The van der Waals surface area contributed by atoms with E-state index in [0.717, 1.165) is 11.6 Å². The van der Waals surface area contributed by atoms with Crippen molar-refractivity contribution in [3.63, 3.8) is 0 Å². The van der Waals surface area contributed by atoms with Crippen LogP contribution < -0.4 is 10.6 Å². The Morgan fingerprint density at radius 3 is 1.69 bits per heavy atom. The summed E-state index contributed by atoms with van der Waals surface area (Å²) in [5, 5.41) is 8.52. The van der Waals surface area contributed by atoms with Gasteiger partial charge in [-0.15, -0.1) is 0 Å². The summed E-state index contributed by atoms with van der Waals surface area (Å²) in [7, 11) is -0.242. The van der Waals surface area contributed by atoms with Gasteiger partial charge in [0.15, 0.2) is 0 Å². The van der Waals surface area contributed by atoms with Gasteiger partial charge in [-0.1, -0.05) is 96.4 Å². The highest BCUT2D eigenvalue weighted by atomic mass is 31.1. The number of hydrogen-bond donors (Lipinski definition) is 2. The summed E-state index contributed by atoms with van der Waals surface area (Å²) in [6, 6.07) is 7.55. The number of nitrogens with one attached hydrogen (secondary N) is 2. The Hall–Kier alpha value is -0.0000000000000000555. The molecule has 2 heterocycles. The molecule has 0 aromatic heterocycles. The third-order valence-electron chi connectivity index (χ3n) is 7.24. The maximum Gasteiger partial charge on any atom is 0.0286 e. The second-order valence-electron chi connectivity index (χ2n) is 13.1. The van der Waals surface area contributed by atoms with Gasteiger partial charge in [-0.25, -0.2) is 0 Å². The molecular weight excluding hydrogens is 426 g/mol. The first-order chi connectivity index (χ1) is 14.8. The van der Waals surface area contributed by atoms with E-state index in [9.17, 15) is 0 Å². The summed E-state index contributed by atoms with van der Waals surface area (Å²) in [5.74, 6) is 1.47. The van der Waals surface area contributed by atoms with Gasteiger partial charge in [0.25, 0.3) is 0 Å². The zero-order valence-electron chi connectivity index (χ0n) is 22.4. The smallest absolute Gasteiger partial charge is 0.0286 e. The molecule has 0 amide bonds. The minimum absolute atomic E-state index is 0.0999. The van der Waals surface area contributed by atoms with Crippen molar-refractivity contribution in [1.82, 2.24) is 10.6 Å². The zero-order valence-corrected chi connectivity index (χ0v) is 24.2. The maximum absolute atomic E-state index is 3.90. The van der Waals surface area contributed by atoms with Crippen molar-refractivity contribution in [2.75, 3.05) is 13.1 Å². The van der Waals surface area contributed by atoms with E-state index >= 15 is 0 Å². The average Bonchev–Trinajstić information content (AvgIpc) is 3.36. The quantitative estimate of drug-likeness (QED) is 0.407. The maximum atomic E-state index is 3.90. The standard InChI is InChI=1S/C28H50N2P2/c1-26(2,3)23-15-14-21(20-32(27(4,5)6)28(7,8)9)22(18-23)19-31(24-12-10-16-29-24)25-13-11-17-30-25/h14-15,18,24-25,29-30H,10-13,16-17,19-20H2,1-9H3. The first-order valence-electron chi connectivity index (χ1n) is 12.9. The number of hydrogen-bond acceptors (Lipinski definition) is 2. The molecule has 2 nitrogen and oxygen atoms in total. The lowest BCUT2D eigenvalue weighted by molar-refractivity contribution is 0.589. The van der Waals surface area contributed by atoms with E-state index < -0.39 is 0 Å². The van der Waals surface area contributed by atoms with E-state index in [2.05, 4.69) is 91.1 Å². The lowest BCUT2D eigenvalue weighted by Crippen LogP contribution is -2.30. The minimum Gasteiger partial charge on any atom is -0.310 e. The first kappa shape index (κ1) is 26.6. The van der Waals surface area contributed by atoms with Crippen molar-refractivity contribution >= 4 is 15.8 Å². The third kappa shape index (κ3) is 6.78. The molecule has 2 aliphatic heterocycles. The highest BCUT2D eigenvalue weighted by Crippen LogP contribution is 2.62. The molecule has 4 heteroatoms. The second-order valence-corrected chi connectivity index (χ2v) is 19.5. The molecule has 2 fully saturated rings. The van der Waals surface area contributed by atoms with Crippen LogP contribution in [0.2, 0.25) is 0 Å². The molecule has 0 saturated carbocycles. The lowest BCUT2D eigenvalue weighted by Gasteiger charge is -2.42. The van der Waals surface area contributed by atoms with Gasteiger partial charge in [-0.05, 0) is 83.5 Å². The van der Waals surface area contributed by atoms with E-state index in [0.29, 0.717) is 10.3 Å². The fraction of sp³-hybridized carbons (Fsp3) is 0.786. The molecule has 1 aromatic rings. The predicted octanol–water partition coefficient (Wildman–Crippen LogP) is 7.96. The van der Waals surface area contributed by atoms with Crippen molar-refractivity contribution in [2.24, 2.45) is 0 Å². The largest absolute Gasteiger partial charge is 0.310 e. The topological polar surface area (TPSA) is 24.1 Å². The third-order valence-corrected chi connectivity index (χ3v) is 14.3. The Bertz CT molecular complexity index is 712. The van der Waals surface area contributed by atoms with Crippen molar-refractivity contribution < 1.29 is 0 Å². The lowest BCUT2D eigenvalue weighted by atomic mass is 9.85. The summed E-state index contributed by atoms with van der Waals surface area (Å²) in [6.07, 6.45) is 7.97. The first-order valence-corrected chi connectivity index (χ1v) is 16.1. The average molecular weight is 477 g/mol. The molecule has 3 rings (SSSR count). The summed E-state index contributed by atoms with van der Waals surface area (Å²) >= 11 is 0. The van der Waals surface area contributed by atoms with E-state index in [4.69, 9.17) is 0 Å². The monoisotopic (exact) mass is 476 g/mol. The Labute approximate surface area is 202 Å². The van der Waals surface area contributed by atoms with Crippen LogP contribution in [0.25, 0.3) is 0 Å². The molecular formula is C28H50N2P2. The van der Waals surface area contributed by atoms with Crippen LogP contribution in [-0.2, 0) is 17.7 Å². The normalized spacial score (nSPS) is 23.8. The van der Waals surface area contributed by atoms with Crippen LogP contribution >= 0.6 is 15.8 Å². The van der Waals surface area contributed by atoms with Crippen LogP contribution in [0.4, 0.5) is 0 Å².